The summed E-state index contributed by atoms with van der Waals surface area (Å²) in [4.78, 5) is 23.3. The summed E-state index contributed by atoms with van der Waals surface area (Å²) < 4.78 is 5.22. The summed E-state index contributed by atoms with van der Waals surface area (Å²) in [6.07, 6.45) is 5.16. The number of piperidine rings is 1. The van der Waals surface area contributed by atoms with Gasteiger partial charge in [-0.2, -0.15) is 0 Å². The Morgan fingerprint density at radius 3 is 2.52 bits per heavy atom. The number of rotatable bonds is 5. The average Bonchev–Trinajstić information content (AvgIpc) is 2.87. The van der Waals surface area contributed by atoms with Crippen LogP contribution in [-0.4, -0.2) is 31.1 Å². The third-order valence-electron chi connectivity index (χ3n) is 4.79. The van der Waals surface area contributed by atoms with Crippen molar-refractivity contribution in [1.82, 2.24) is 5.32 Å². The van der Waals surface area contributed by atoms with Gasteiger partial charge in [-0.1, -0.05) is 0 Å². The van der Waals surface area contributed by atoms with Crippen molar-refractivity contribution >= 4 is 35.7 Å². The SMILES string of the molecule is COc1cc(NC(=O)CC2CC3CCC(C2)N3)ccc1NC(N)=O.Cl. The number of nitrogens with two attached hydrogens (primary N) is 1. The van der Waals surface area contributed by atoms with Crippen LogP contribution in [0.3, 0.4) is 0 Å². The van der Waals surface area contributed by atoms with E-state index in [0.717, 1.165) is 12.8 Å². The van der Waals surface area contributed by atoms with Crippen LogP contribution in [0.5, 0.6) is 5.75 Å². The van der Waals surface area contributed by atoms with Crippen LogP contribution in [0, 0.1) is 5.92 Å². The van der Waals surface area contributed by atoms with Gasteiger partial charge < -0.3 is 26.4 Å². The first-order valence-electron chi connectivity index (χ1n) is 8.34. The number of benzene rings is 1. The molecule has 5 N–H and O–H groups in total. The predicted octanol–water partition coefficient (Wildman–Crippen LogP) is 2.47. The third-order valence-corrected chi connectivity index (χ3v) is 4.79. The summed E-state index contributed by atoms with van der Waals surface area (Å²) in [5, 5.41) is 8.98. The highest BCUT2D eigenvalue weighted by atomic mass is 35.5. The number of halogens is 1. The summed E-state index contributed by atoms with van der Waals surface area (Å²) in [5.41, 5.74) is 6.23. The lowest BCUT2D eigenvalue weighted by Crippen LogP contribution is -2.39. The summed E-state index contributed by atoms with van der Waals surface area (Å²) in [7, 11) is 1.50. The number of urea groups is 1. The van der Waals surface area contributed by atoms with E-state index in [-0.39, 0.29) is 18.3 Å². The topological polar surface area (TPSA) is 105 Å². The highest BCUT2D eigenvalue weighted by Gasteiger charge is 2.34. The normalized spacial score (nSPS) is 24.1. The molecule has 0 radical (unpaired) electrons. The van der Waals surface area contributed by atoms with Crippen LogP contribution in [-0.2, 0) is 4.79 Å². The number of fused-ring (bicyclic) bond motifs is 2. The molecule has 2 fully saturated rings. The molecule has 2 bridgehead atoms. The molecule has 138 valence electrons. The van der Waals surface area contributed by atoms with E-state index in [1.807, 2.05) is 0 Å². The fraction of sp³-hybridized carbons (Fsp3) is 0.529. The van der Waals surface area contributed by atoms with Gasteiger partial charge in [-0.15, -0.1) is 12.4 Å². The zero-order valence-electron chi connectivity index (χ0n) is 14.2. The lowest BCUT2D eigenvalue weighted by atomic mass is 9.89. The van der Waals surface area contributed by atoms with Crippen LogP contribution >= 0.6 is 12.4 Å². The van der Waals surface area contributed by atoms with Crippen LogP contribution < -0.4 is 26.4 Å². The van der Waals surface area contributed by atoms with Gasteiger partial charge in [-0.05, 0) is 43.7 Å². The highest BCUT2D eigenvalue weighted by molar-refractivity contribution is 5.93. The fourth-order valence-electron chi connectivity index (χ4n) is 3.82. The number of hydrogen-bond donors (Lipinski definition) is 4. The van der Waals surface area contributed by atoms with Gasteiger partial charge >= 0.3 is 6.03 Å². The summed E-state index contributed by atoms with van der Waals surface area (Å²) in [5.74, 6) is 0.909. The molecule has 2 heterocycles. The standard InChI is InChI=1S/C17H24N4O3.ClH/c1-24-15-9-13(4-5-14(15)21-17(18)23)20-16(22)8-10-6-11-2-3-12(7-10)19-11;/h4-5,9-12,19H,2-3,6-8H2,1H3,(H,20,22)(H3,18,21,23);1H. The zero-order chi connectivity index (χ0) is 17.1. The molecule has 0 spiro atoms. The fourth-order valence-corrected chi connectivity index (χ4v) is 3.82. The third kappa shape index (κ3) is 4.99. The van der Waals surface area contributed by atoms with Gasteiger partial charge in [-0.3, -0.25) is 4.79 Å². The molecular weight excluding hydrogens is 344 g/mol. The second-order valence-corrected chi connectivity index (χ2v) is 6.63. The maximum Gasteiger partial charge on any atom is 0.316 e. The van der Waals surface area contributed by atoms with Crippen molar-refractivity contribution in [2.75, 3.05) is 17.7 Å². The molecule has 2 aliphatic heterocycles. The zero-order valence-corrected chi connectivity index (χ0v) is 15.0. The van der Waals surface area contributed by atoms with E-state index in [0.29, 0.717) is 41.5 Å². The highest BCUT2D eigenvalue weighted by Crippen LogP contribution is 2.33. The number of carbonyl (C=O) groups excluding carboxylic acids is 2. The molecule has 0 aromatic heterocycles. The van der Waals surface area contributed by atoms with Crippen LogP contribution in [0.2, 0.25) is 0 Å². The van der Waals surface area contributed by atoms with Crippen molar-refractivity contribution in [1.29, 1.82) is 0 Å². The Bertz CT molecular complexity index is 628. The van der Waals surface area contributed by atoms with Crippen LogP contribution in [0.15, 0.2) is 18.2 Å². The first kappa shape index (κ1) is 19.3. The Hall–Kier alpha value is -1.99. The minimum absolute atomic E-state index is 0. The minimum atomic E-state index is -0.661. The number of hydrogen-bond acceptors (Lipinski definition) is 4. The number of anilines is 2. The van der Waals surface area contributed by atoms with Gasteiger partial charge in [0.2, 0.25) is 5.91 Å². The van der Waals surface area contributed by atoms with Crippen molar-refractivity contribution in [3.8, 4) is 5.75 Å². The molecule has 3 amide bonds. The number of carbonyl (C=O) groups is 2. The molecular formula is C17H25ClN4O3. The minimum Gasteiger partial charge on any atom is -0.494 e. The molecule has 2 aliphatic rings. The number of amides is 3. The second-order valence-electron chi connectivity index (χ2n) is 6.63. The number of primary amides is 1. The number of methoxy groups -OCH3 is 1. The molecule has 8 heteroatoms. The monoisotopic (exact) mass is 368 g/mol. The van der Waals surface area contributed by atoms with E-state index in [2.05, 4.69) is 16.0 Å². The number of nitrogens with one attached hydrogen (secondary N) is 3. The van der Waals surface area contributed by atoms with Crippen LogP contribution in [0.1, 0.15) is 32.1 Å². The first-order valence-corrected chi connectivity index (χ1v) is 8.34. The molecule has 3 rings (SSSR count). The Kier molecular flexibility index (Phi) is 6.50. The molecule has 1 aromatic rings. The molecule has 0 aliphatic carbocycles. The predicted molar refractivity (Wildman–Crippen MR) is 99.4 cm³/mol. The second kappa shape index (κ2) is 8.40. The molecule has 25 heavy (non-hydrogen) atoms. The van der Waals surface area contributed by atoms with Crippen molar-refractivity contribution in [3.63, 3.8) is 0 Å². The van der Waals surface area contributed by atoms with Crippen molar-refractivity contribution in [2.24, 2.45) is 11.7 Å². The smallest absolute Gasteiger partial charge is 0.316 e. The van der Waals surface area contributed by atoms with Crippen molar-refractivity contribution in [2.45, 2.75) is 44.2 Å². The maximum absolute atomic E-state index is 12.3. The van der Waals surface area contributed by atoms with Crippen LogP contribution in [0.25, 0.3) is 0 Å². The number of ether oxygens (including phenoxy) is 1. The van der Waals surface area contributed by atoms with E-state index in [4.69, 9.17) is 10.5 Å². The molecule has 0 saturated carbocycles. The van der Waals surface area contributed by atoms with E-state index in [1.165, 1.54) is 20.0 Å². The van der Waals surface area contributed by atoms with Crippen LogP contribution in [0.4, 0.5) is 16.2 Å². The van der Waals surface area contributed by atoms with Gasteiger partial charge in [0.15, 0.2) is 0 Å². The quantitative estimate of drug-likeness (QED) is 0.640. The van der Waals surface area contributed by atoms with Gasteiger partial charge in [0.1, 0.15) is 5.75 Å². The van der Waals surface area contributed by atoms with Gasteiger partial charge in [0, 0.05) is 30.3 Å². The van der Waals surface area contributed by atoms with Gasteiger partial charge in [0.05, 0.1) is 12.8 Å². The first-order chi connectivity index (χ1) is 11.5. The summed E-state index contributed by atoms with van der Waals surface area (Å²) in [6, 6.07) is 5.56. The molecule has 2 atom stereocenters. The Morgan fingerprint density at radius 1 is 1.24 bits per heavy atom. The van der Waals surface area contributed by atoms with Gasteiger partial charge in [0.25, 0.3) is 0 Å². The lowest BCUT2D eigenvalue weighted by molar-refractivity contribution is -0.117. The Balaban J connectivity index is 0.00000225. The molecule has 2 saturated heterocycles. The molecule has 1 aromatic carbocycles. The Labute approximate surface area is 153 Å². The molecule has 7 nitrogen and oxygen atoms in total. The van der Waals surface area contributed by atoms with Crippen molar-refractivity contribution in [3.05, 3.63) is 18.2 Å². The van der Waals surface area contributed by atoms with Crippen molar-refractivity contribution < 1.29 is 14.3 Å². The van der Waals surface area contributed by atoms with E-state index < -0.39 is 6.03 Å². The van der Waals surface area contributed by atoms with E-state index in [9.17, 15) is 9.59 Å². The van der Waals surface area contributed by atoms with E-state index in [1.54, 1.807) is 18.2 Å². The summed E-state index contributed by atoms with van der Waals surface area (Å²) in [6.45, 7) is 0. The molecule has 2 unspecified atom stereocenters. The maximum atomic E-state index is 12.3. The van der Waals surface area contributed by atoms with E-state index >= 15 is 0 Å². The van der Waals surface area contributed by atoms with Gasteiger partial charge in [-0.25, -0.2) is 4.79 Å². The largest absolute Gasteiger partial charge is 0.494 e. The summed E-state index contributed by atoms with van der Waals surface area (Å²) >= 11 is 0. The average molecular weight is 369 g/mol. The Morgan fingerprint density at radius 2 is 1.92 bits per heavy atom. The lowest BCUT2D eigenvalue weighted by Gasteiger charge is -2.28.